The van der Waals surface area contributed by atoms with Crippen LogP contribution in [0.2, 0.25) is 0 Å². The lowest BCUT2D eigenvalue weighted by Crippen LogP contribution is -2.65. The fraction of sp³-hybridized carbons (Fsp3) is 0.900. The molecule has 0 aromatic heterocycles. The maximum atomic E-state index is 11.6. The third kappa shape index (κ3) is 1.29. The van der Waals surface area contributed by atoms with Gasteiger partial charge in [0, 0.05) is 24.5 Å². The molecular weight excluding hydrogens is 180 g/mol. The van der Waals surface area contributed by atoms with Crippen LogP contribution in [0.1, 0.15) is 26.7 Å². The van der Waals surface area contributed by atoms with Crippen LogP contribution in [0.3, 0.4) is 0 Å². The van der Waals surface area contributed by atoms with Gasteiger partial charge >= 0.3 is 6.03 Å². The average Bonchev–Trinajstić information content (AvgIpc) is 2.16. The van der Waals surface area contributed by atoms with Gasteiger partial charge < -0.3 is 15.3 Å². The van der Waals surface area contributed by atoms with Crippen LogP contribution in [0.15, 0.2) is 0 Å². The first-order valence-electron chi connectivity index (χ1n) is 5.26. The summed E-state index contributed by atoms with van der Waals surface area (Å²) in [6.07, 6.45) is 1.47. The Morgan fingerprint density at radius 1 is 1.57 bits per heavy atom. The molecule has 1 saturated carbocycles. The second-order valence-corrected chi connectivity index (χ2v) is 4.87. The molecular formula is C10H18N2O2. The number of aliphatic hydroxyl groups is 1. The summed E-state index contributed by atoms with van der Waals surface area (Å²) in [6, 6.07) is 0.235. The summed E-state index contributed by atoms with van der Waals surface area (Å²) in [4.78, 5) is 13.4. The van der Waals surface area contributed by atoms with E-state index >= 15 is 0 Å². The van der Waals surface area contributed by atoms with Gasteiger partial charge in [0.25, 0.3) is 0 Å². The maximum absolute atomic E-state index is 11.6. The highest BCUT2D eigenvalue weighted by Gasteiger charge is 2.51. The van der Waals surface area contributed by atoms with Crippen LogP contribution < -0.4 is 5.32 Å². The van der Waals surface area contributed by atoms with Crippen molar-refractivity contribution in [2.24, 2.45) is 5.41 Å². The lowest BCUT2D eigenvalue weighted by molar-refractivity contribution is -0.108. The molecule has 0 bridgehead atoms. The molecule has 0 radical (unpaired) electrons. The molecule has 0 aromatic carbocycles. The molecule has 2 amide bonds. The van der Waals surface area contributed by atoms with Crippen LogP contribution in [0.25, 0.3) is 0 Å². The molecule has 0 spiro atoms. The van der Waals surface area contributed by atoms with E-state index in [0.29, 0.717) is 0 Å². The molecule has 4 nitrogen and oxygen atoms in total. The van der Waals surface area contributed by atoms with E-state index in [9.17, 15) is 9.90 Å². The van der Waals surface area contributed by atoms with Gasteiger partial charge in [-0.2, -0.15) is 0 Å². The van der Waals surface area contributed by atoms with Gasteiger partial charge in [0.2, 0.25) is 0 Å². The number of amides is 2. The van der Waals surface area contributed by atoms with E-state index < -0.39 is 0 Å². The molecule has 14 heavy (non-hydrogen) atoms. The Bertz CT molecular complexity index is 253. The molecule has 1 saturated heterocycles. The van der Waals surface area contributed by atoms with E-state index in [-0.39, 0.29) is 23.6 Å². The van der Waals surface area contributed by atoms with Gasteiger partial charge in [-0.1, -0.05) is 13.8 Å². The van der Waals surface area contributed by atoms with Crippen molar-refractivity contribution < 1.29 is 9.90 Å². The maximum Gasteiger partial charge on any atom is 0.317 e. The Morgan fingerprint density at radius 3 is 2.79 bits per heavy atom. The number of hydrogen-bond donors (Lipinski definition) is 2. The molecule has 2 unspecified atom stereocenters. The minimum atomic E-state index is -0.262. The van der Waals surface area contributed by atoms with Gasteiger partial charge in [0.1, 0.15) is 0 Å². The highest BCUT2D eigenvalue weighted by atomic mass is 16.3. The van der Waals surface area contributed by atoms with Crippen molar-refractivity contribution in [1.29, 1.82) is 0 Å². The molecule has 2 atom stereocenters. The monoisotopic (exact) mass is 198 g/mol. The van der Waals surface area contributed by atoms with E-state index in [1.165, 1.54) is 0 Å². The Balaban J connectivity index is 2.05. The van der Waals surface area contributed by atoms with Crippen molar-refractivity contribution in [3.8, 4) is 0 Å². The molecule has 2 aliphatic rings. The number of nitrogens with zero attached hydrogens (tertiary/aromatic N) is 1. The van der Waals surface area contributed by atoms with Crippen LogP contribution in [0.5, 0.6) is 0 Å². The van der Waals surface area contributed by atoms with Crippen molar-refractivity contribution in [2.75, 3.05) is 13.1 Å². The smallest absolute Gasteiger partial charge is 0.317 e. The quantitative estimate of drug-likeness (QED) is 0.647. The molecule has 2 N–H and O–H groups in total. The largest absolute Gasteiger partial charge is 0.392 e. The topological polar surface area (TPSA) is 52.6 Å². The van der Waals surface area contributed by atoms with E-state index in [4.69, 9.17) is 0 Å². The number of hydrogen-bond acceptors (Lipinski definition) is 2. The molecule has 1 heterocycles. The zero-order chi connectivity index (χ0) is 10.3. The number of nitrogens with one attached hydrogen (secondary N) is 1. The fourth-order valence-corrected chi connectivity index (χ4v) is 2.35. The van der Waals surface area contributed by atoms with E-state index in [1.807, 2.05) is 18.7 Å². The van der Waals surface area contributed by atoms with Crippen LogP contribution in [0.4, 0.5) is 4.79 Å². The van der Waals surface area contributed by atoms with Crippen molar-refractivity contribution >= 4 is 6.03 Å². The second-order valence-electron chi connectivity index (χ2n) is 4.87. The Hall–Kier alpha value is -0.770. The predicted molar refractivity (Wildman–Crippen MR) is 52.9 cm³/mol. The van der Waals surface area contributed by atoms with Crippen molar-refractivity contribution in [1.82, 2.24) is 10.2 Å². The minimum Gasteiger partial charge on any atom is -0.392 e. The number of aliphatic hydroxyl groups excluding tert-OH is 1. The van der Waals surface area contributed by atoms with Gasteiger partial charge in [0.15, 0.2) is 0 Å². The molecule has 4 heteroatoms. The van der Waals surface area contributed by atoms with Crippen molar-refractivity contribution in [3.63, 3.8) is 0 Å². The fourth-order valence-electron chi connectivity index (χ4n) is 2.35. The summed E-state index contributed by atoms with van der Waals surface area (Å²) in [5.41, 5.74) is -0.144. The summed E-state index contributed by atoms with van der Waals surface area (Å²) >= 11 is 0. The zero-order valence-corrected chi connectivity index (χ0v) is 8.79. The predicted octanol–water partition coefficient (Wildman–Crippen LogP) is 0.561. The summed E-state index contributed by atoms with van der Waals surface area (Å²) in [6.45, 7) is 5.65. The lowest BCUT2D eigenvalue weighted by Gasteiger charge is -2.54. The van der Waals surface area contributed by atoms with Crippen LogP contribution in [-0.4, -0.2) is 41.3 Å². The Kier molecular flexibility index (Phi) is 2.18. The number of rotatable bonds is 1. The summed E-state index contributed by atoms with van der Waals surface area (Å²) in [5, 5.41) is 12.4. The first-order valence-corrected chi connectivity index (χ1v) is 5.26. The SMILES string of the molecule is CC1(C)C(O)CC1N1CCCNC1=O. The van der Waals surface area contributed by atoms with Gasteiger partial charge in [-0.25, -0.2) is 4.79 Å². The highest BCUT2D eigenvalue weighted by molar-refractivity contribution is 5.75. The van der Waals surface area contributed by atoms with Gasteiger partial charge in [-0.3, -0.25) is 0 Å². The first-order chi connectivity index (χ1) is 6.53. The summed E-state index contributed by atoms with van der Waals surface area (Å²) in [5.74, 6) is 0. The summed E-state index contributed by atoms with van der Waals surface area (Å²) in [7, 11) is 0. The average molecular weight is 198 g/mol. The van der Waals surface area contributed by atoms with Crippen LogP contribution in [-0.2, 0) is 0 Å². The molecule has 2 fully saturated rings. The number of carbonyl (C=O) groups excluding carboxylic acids is 1. The van der Waals surface area contributed by atoms with Gasteiger partial charge in [-0.15, -0.1) is 0 Å². The summed E-state index contributed by atoms with van der Waals surface area (Å²) < 4.78 is 0. The molecule has 0 aromatic rings. The second kappa shape index (κ2) is 3.12. The zero-order valence-electron chi connectivity index (χ0n) is 8.79. The number of carbonyl (C=O) groups is 1. The van der Waals surface area contributed by atoms with E-state index in [0.717, 1.165) is 25.9 Å². The molecule has 1 aliphatic heterocycles. The lowest BCUT2D eigenvalue weighted by atomic mass is 9.64. The molecule has 1 aliphatic carbocycles. The third-order valence-corrected chi connectivity index (χ3v) is 3.65. The van der Waals surface area contributed by atoms with Crippen LogP contribution in [0, 0.1) is 5.41 Å². The van der Waals surface area contributed by atoms with Gasteiger partial charge in [0.05, 0.1) is 6.10 Å². The van der Waals surface area contributed by atoms with E-state index in [2.05, 4.69) is 5.32 Å². The number of urea groups is 1. The Morgan fingerprint density at radius 2 is 2.29 bits per heavy atom. The molecule has 2 rings (SSSR count). The standard InChI is InChI=1S/C10H18N2O2/c1-10(2)7(6-8(10)13)12-5-3-4-11-9(12)14/h7-8,13H,3-6H2,1-2H3,(H,11,14). The minimum absolute atomic E-state index is 0.0289. The Labute approximate surface area is 84.3 Å². The third-order valence-electron chi connectivity index (χ3n) is 3.65. The first kappa shape index (κ1) is 9.77. The van der Waals surface area contributed by atoms with Crippen molar-refractivity contribution in [3.05, 3.63) is 0 Å². The van der Waals surface area contributed by atoms with Gasteiger partial charge in [-0.05, 0) is 12.8 Å². The van der Waals surface area contributed by atoms with Crippen molar-refractivity contribution in [2.45, 2.75) is 38.8 Å². The van der Waals surface area contributed by atoms with Crippen LogP contribution >= 0.6 is 0 Å². The highest BCUT2D eigenvalue weighted by Crippen LogP contribution is 2.44. The van der Waals surface area contributed by atoms with E-state index in [1.54, 1.807) is 0 Å². The normalized spacial score (nSPS) is 36.2. The molecule has 80 valence electrons.